The average molecular weight is 231 g/mol. The van der Waals surface area contributed by atoms with E-state index in [9.17, 15) is 0 Å². The molecule has 0 saturated carbocycles. The van der Waals surface area contributed by atoms with Gasteiger partial charge in [0.1, 0.15) is 0 Å². The van der Waals surface area contributed by atoms with Crippen LogP contribution in [0, 0.1) is 0 Å². The second-order valence-electron chi connectivity index (χ2n) is 3.26. The molecule has 0 atom stereocenters. The van der Waals surface area contributed by atoms with Crippen LogP contribution in [0.1, 0.15) is 4.88 Å². The lowest BCUT2D eigenvalue weighted by Crippen LogP contribution is -1.99. The van der Waals surface area contributed by atoms with Gasteiger partial charge in [-0.15, -0.1) is 16.4 Å². The Labute approximate surface area is 95.8 Å². The van der Waals surface area contributed by atoms with Crippen LogP contribution in [-0.4, -0.2) is 19.6 Å². The Bertz CT molecular complexity index is 553. The van der Waals surface area contributed by atoms with E-state index in [0.29, 0.717) is 12.5 Å². The van der Waals surface area contributed by atoms with E-state index in [-0.39, 0.29) is 0 Å². The van der Waals surface area contributed by atoms with E-state index in [0.717, 1.165) is 5.65 Å². The second kappa shape index (κ2) is 3.90. The summed E-state index contributed by atoms with van der Waals surface area (Å²) in [5.41, 5.74) is 2.66. The number of pyridine rings is 1. The number of aromatic nitrogens is 4. The molecule has 3 rings (SSSR count). The van der Waals surface area contributed by atoms with E-state index in [4.69, 9.17) is 0 Å². The summed E-state index contributed by atoms with van der Waals surface area (Å²) in [5.74, 6) is 0.639. The van der Waals surface area contributed by atoms with Gasteiger partial charge in [0.05, 0.1) is 12.1 Å². The van der Waals surface area contributed by atoms with Crippen LogP contribution in [0.3, 0.4) is 0 Å². The fraction of sp³-hybridized carbons (Fsp3) is 0.100. The molecule has 0 fully saturated rings. The fourth-order valence-corrected chi connectivity index (χ4v) is 1.94. The van der Waals surface area contributed by atoms with Crippen molar-refractivity contribution >= 4 is 22.9 Å². The van der Waals surface area contributed by atoms with E-state index in [1.54, 1.807) is 15.9 Å². The number of hydrogen-bond acceptors (Lipinski definition) is 5. The molecule has 0 aliphatic carbocycles. The average Bonchev–Trinajstić information content (AvgIpc) is 2.95. The zero-order chi connectivity index (χ0) is 10.8. The summed E-state index contributed by atoms with van der Waals surface area (Å²) in [4.78, 5) is 9.51. The quantitative estimate of drug-likeness (QED) is 0.746. The van der Waals surface area contributed by atoms with Crippen LogP contribution in [0.4, 0.5) is 5.95 Å². The van der Waals surface area contributed by atoms with Crippen molar-refractivity contribution in [3.8, 4) is 0 Å². The van der Waals surface area contributed by atoms with Gasteiger partial charge in [0, 0.05) is 17.3 Å². The number of fused-ring (bicyclic) bond motifs is 1. The Kier molecular flexibility index (Phi) is 2.26. The third-order valence-corrected chi connectivity index (χ3v) is 2.93. The van der Waals surface area contributed by atoms with Crippen LogP contribution in [0.25, 0.3) is 5.65 Å². The van der Waals surface area contributed by atoms with Crippen molar-refractivity contribution in [1.82, 2.24) is 19.6 Å². The van der Waals surface area contributed by atoms with Gasteiger partial charge in [-0.2, -0.15) is 4.98 Å². The third-order valence-electron chi connectivity index (χ3n) is 2.15. The molecule has 1 N–H and O–H groups in total. The highest BCUT2D eigenvalue weighted by Crippen LogP contribution is 2.09. The summed E-state index contributed by atoms with van der Waals surface area (Å²) in [5, 5.41) is 7.45. The van der Waals surface area contributed by atoms with Crippen LogP contribution >= 0.6 is 11.3 Å². The maximum absolute atomic E-state index is 4.34. The van der Waals surface area contributed by atoms with Gasteiger partial charge >= 0.3 is 0 Å². The topological polar surface area (TPSA) is 55.1 Å². The molecule has 5 nitrogen and oxygen atoms in total. The van der Waals surface area contributed by atoms with E-state index in [1.165, 1.54) is 4.88 Å². The van der Waals surface area contributed by atoms with Crippen LogP contribution in [0.15, 0.2) is 36.1 Å². The molecular formula is C10H9N5S. The molecule has 16 heavy (non-hydrogen) atoms. The molecule has 0 unspecified atom stereocenters. The van der Waals surface area contributed by atoms with Crippen molar-refractivity contribution in [2.24, 2.45) is 0 Å². The highest BCUT2D eigenvalue weighted by atomic mass is 32.1. The number of thiazole rings is 1. The summed E-state index contributed by atoms with van der Waals surface area (Å²) in [7, 11) is 0. The minimum Gasteiger partial charge on any atom is -0.348 e. The molecule has 3 aromatic heterocycles. The van der Waals surface area contributed by atoms with Gasteiger partial charge in [-0.3, -0.25) is 4.98 Å². The standard InChI is InChI=1S/C10H9N5S/c1-2-4-15-9(3-1)13-10(14-15)12-6-8-5-11-7-16-8/h1-5,7H,6H2,(H,12,14). The summed E-state index contributed by atoms with van der Waals surface area (Å²) in [6.07, 6.45) is 3.72. The van der Waals surface area contributed by atoms with Crippen LogP contribution in [0.2, 0.25) is 0 Å². The number of nitrogens with one attached hydrogen (secondary N) is 1. The largest absolute Gasteiger partial charge is 0.348 e. The Morgan fingerprint density at radius 2 is 2.38 bits per heavy atom. The van der Waals surface area contributed by atoms with Gasteiger partial charge in [-0.05, 0) is 12.1 Å². The Balaban J connectivity index is 1.79. The first-order valence-electron chi connectivity index (χ1n) is 4.84. The number of rotatable bonds is 3. The van der Waals surface area contributed by atoms with Gasteiger partial charge in [-0.25, -0.2) is 4.52 Å². The lowest BCUT2D eigenvalue weighted by atomic mass is 10.5. The van der Waals surface area contributed by atoms with Gasteiger partial charge in [0.25, 0.3) is 0 Å². The Morgan fingerprint density at radius 1 is 1.38 bits per heavy atom. The lowest BCUT2D eigenvalue weighted by Gasteiger charge is -1.96. The summed E-state index contributed by atoms with van der Waals surface area (Å²) in [6.45, 7) is 0.710. The SMILES string of the molecule is c1ccn2nc(NCc3cncs3)nc2c1. The molecule has 3 heterocycles. The minimum atomic E-state index is 0.639. The maximum Gasteiger partial charge on any atom is 0.243 e. The van der Waals surface area contributed by atoms with Gasteiger partial charge in [0.2, 0.25) is 5.95 Å². The number of nitrogens with zero attached hydrogens (tertiary/aromatic N) is 4. The molecule has 0 saturated heterocycles. The predicted octanol–water partition coefficient (Wildman–Crippen LogP) is 1.80. The van der Waals surface area contributed by atoms with Crippen molar-refractivity contribution in [2.45, 2.75) is 6.54 Å². The molecule has 0 amide bonds. The molecule has 6 heteroatoms. The first kappa shape index (κ1) is 9.29. The molecule has 3 aromatic rings. The molecule has 0 aliphatic rings. The van der Waals surface area contributed by atoms with Gasteiger partial charge in [0.15, 0.2) is 5.65 Å². The van der Waals surface area contributed by atoms with E-state index < -0.39 is 0 Å². The predicted molar refractivity (Wildman–Crippen MR) is 62.4 cm³/mol. The van der Waals surface area contributed by atoms with Gasteiger partial charge < -0.3 is 5.32 Å². The monoisotopic (exact) mass is 231 g/mol. The van der Waals surface area contributed by atoms with Crippen LogP contribution in [0.5, 0.6) is 0 Å². The maximum atomic E-state index is 4.34. The fourth-order valence-electron chi connectivity index (χ4n) is 1.40. The first-order chi connectivity index (χ1) is 7.92. The van der Waals surface area contributed by atoms with Crippen LogP contribution < -0.4 is 5.32 Å². The number of hydrogen-bond donors (Lipinski definition) is 1. The minimum absolute atomic E-state index is 0.639. The Morgan fingerprint density at radius 3 is 3.19 bits per heavy atom. The summed E-state index contributed by atoms with van der Waals surface area (Å²) >= 11 is 1.61. The molecule has 0 bridgehead atoms. The van der Waals surface area contributed by atoms with Crippen molar-refractivity contribution in [3.05, 3.63) is 41.0 Å². The second-order valence-corrected chi connectivity index (χ2v) is 4.23. The molecule has 0 aromatic carbocycles. The van der Waals surface area contributed by atoms with Crippen LogP contribution in [-0.2, 0) is 6.54 Å². The molecule has 0 aliphatic heterocycles. The molecule has 80 valence electrons. The first-order valence-corrected chi connectivity index (χ1v) is 5.72. The normalized spacial score (nSPS) is 10.8. The van der Waals surface area contributed by atoms with E-state index in [1.807, 2.05) is 36.1 Å². The zero-order valence-corrected chi connectivity index (χ0v) is 9.18. The molecular weight excluding hydrogens is 222 g/mol. The van der Waals surface area contributed by atoms with Crippen molar-refractivity contribution in [2.75, 3.05) is 5.32 Å². The van der Waals surface area contributed by atoms with E-state index in [2.05, 4.69) is 20.4 Å². The molecule has 0 radical (unpaired) electrons. The smallest absolute Gasteiger partial charge is 0.243 e. The van der Waals surface area contributed by atoms with Gasteiger partial charge in [-0.1, -0.05) is 6.07 Å². The third kappa shape index (κ3) is 1.74. The lowest BCUT2D eigenvalue weighted by molar-refractivity contribution is 0.952. The highest BCUT2D eigenvalue weighted by Gasteiger charge is 2.02. The highest BCUT2D eigenvalue weighted by molar-refractivity contribution is 7.09. The zero-order valence-electron chi connectivity index (χ0n) is 8.37. The van der Waals surface area contributed by atoms with E-state index >= 15 is 0 Å². The summed E-state index contributed by atoms with van der Waals surface area (Å²) in [6, 6.07) is 5.79. The van der Waals surface area contributed by atoms with Crippen molar-refractivity contribution in [1.29, 1.82) is 0 Å². The number of anilines is 1. The summed E-state index contributed by atoms with van der Waals surface area (Å²) < 4.78 is 1.75. The van der Waals surface area contributed by atoms with Crippen molar-refractivity contribution in [3.63, 3.8) is 0 Å². The molecule has 0 spiro atoms. The Hall–Kier alpha value is -1.95. The van der Waals surface area contributed by atoms with Crippen molar-refractivity contribution < 1.29 is 0 Å².